The molecule has 0 amide bonds. The molecule has 1 aromatic heterocycles. The van der Waals surface area contributed by atoms with Crippen LogP contribution in [0.3, 0.4) is 0 Å². The first-order chi connectivity index (χ1) is 9.91. The number of rotatable bonds is 1. The van der Waals surface area contributed by atoms with E-state index in [4.69, 9.17) is 0 Å². The summed E-state index contributed by atoms with van der Waals surface area (Å²) in [7, 11) is 0. The van der Waals surface area contributed by atoms with Gasteiger partial charge in [0.25, 0.3) is 0 Å². The topological polar surface area (TPSA) is 45.8 Å². The standard InChI is InChI=1S/C17H15FN2O/c1-17(2)8-15-13(16(21)9-17)5-6-20(15)14-4-3-12(18)7-11(14)10-19/h3-7H,8-9H2,1-2H3. The second-order valence-electron chi connectivity index (χ2n) is 6.26. The molecule has 106 valence electrons. The van der Waals surface area contributed by atoms with E-state index >= 15 is 0 Å². The third kappa shape index (κ3) is 2.25. The van der Waals surface area contributed by atoms with Crippen molar-refractivity contribution >= 4 is 5.78 Å². The fraction of sp³-hybridized carbons (Fsp3) is 0.294. The zero-order valence-electron chi connectivity index (χ0n) is 12.0. The van der Waals surface area contributed by atoms with E-state index < -0.39 is 5.82 Å². The lowest BCUT2D eigenvalue weighted by atomic mass is 9.76. The van der Waals surface area contributed by atoms with Gasteiger partial charge in [-0.25, -0.2) is 4.39 Å². The number of hydrogen-bond acceptors (Lipinski definition) is 2. The Morgan fingerprint density at radius 3 is 2.76 bits per heavy atom. The lowest BCUT2D eigenvalue weighted by Gasteiger charge is -2.29. The summed E-state index contributed by atoms with van der Waals surface area (Å²) in [4.78, 5) is 12.2. The fourth-order valence-corrected chi connectivity index (χ4v) is 2.98. The molecule has 2 aromatic rings. The number of Topliss-reactive ketones (excluding diaryl/α,β-unsaturated/α-hetero) is 1. The van der Waals surface area contributed by atoms with E-state index in [0.29, 0.717) is 17.7 Å². The molecule has 0 radical (unpaired) electrons. The van der Waals surface area contributed by atoms with Gasteiger partial charge in [-0.05, 0) is 36.1 Å². The minimum absolute atomic E-state index is 0.104. The van der Waals surface area contributed by atoms with Crippen LogP contribution in [-0.4, -0.2) is 10.4 Å². The van der Waals surface area contributed by atoms with Crippen molar-refractivity contribution in [3.05, 3.63) is 53.1 Å². The first-order valence-electron chi connectivity index (χ1n) is 6.85. The van der Waals surface area contributed by atoms with Gasteiger partial charge in [0.05, 0.1) is 11.3 Å². The predicted molar refractivity (Wildman–Crippen MR) is 76.9 cm³/mol. The first kappa shape index (κ1) is 13.6. The molecule has 21 heavy (non-hydrogen) atoms. The first-order valence-corrected chi connectivity index (χ1v) is 6.85. The Hall–Kier alpha value is -2.41. The molecule has 0 unspecified atom stereocenters. The molecule has 1 aromatic carbocycles. The van der Waals surface area contributed by atoms with Crippen LogP contribution in [0.2, 0.25) is 0 Å². The minimum Gasteiger partial charge on any atom is -0.319 e. The number of carbonyl (C=O) groups is 1. The second kappa shape index (κ2) is 4.56. The zero-order valence-corrected chi connectivity index (χ0v) is 12.0. The smallest absolute Gasteiger partial charge is 0.165 e. The molecular formula is C17H15FN2O. The molecule has 0 spiro atoms. The number of halogens is 1. The van der Waals surface area contributed by atoms with Crippen LogP contribution in [0.25, 0.3) is 5.69 Å². The Balaban J connectivity index is 2.19. The molecule has 0 atom stereocenters. The highest BCUT2D eigenvalue weighted by Gasteiger charge is 2.33. The number of ketones is 1. The molecule has 0 saturated carbocycles. The average molecular weight is 282 g/mol. The molecule has 0 N–H and O–H groups in total. The zero-order chi connectivity index (χ0) is 15.2. The van der Waals surface area contributed by atoms with Crippen LogP contribution in [0, 0.1) is 22.6 Å². The average Bonchev–Trinajstić information content (AvgIpc) is 2.81. The van der Waals surface area contributed by atoms with Crippen LogP contribution in [0.5, 0.6) is 0 Å². The van der Waals surface area contributed by atoms with E-state index in [0.717, 1.165) is 12.1 Å². The molecule has 3 nitrogen and oxygen atoms in total. The highest BCUT2D eigenvalue weighted by atomic mass is 19.1. The van der Waals surface area contributed by atoms with Gasteiger partial charge in [-0.15, -0.1) is 0 Å². The maximum Gasteiger partial charge on any atom is 0.165 e. The van der Waals surface area contributed by atoms with Crippen molar-refractivity contribution in [2.75, 3.05) is 0 Å². The fourth-order valence-electron chi connectivity index (χ4n) is 2.98. The van der Waals surface area contributed by atoms with E-state index in [-0.39, 0.29) is 16.8 Å². The molecule has 0 fully saturated rings. The van der Waals surface area contributed by atoms with E-state index in [1.54, 1.807) is 18.3 Å². The summed E-state index contributed by atoms with van der Waals surface area (Å²) in [6.07, 6.45) is 3.07. The minimum atomic E-state index is -0.437. The van der Waals surface area contributed by atoms with Gasteiger partial charge in [-0.2, -0.15) is 5.26 Å². The maximum absolute atomic E-state index is 13.3. The summed E-state index contributed by atoms with van der Waals surface area (Å²) in [6, 6.07) is 7.94. The molecule has 1 aliphatic rings. The monoisotopic (exact) mass is 282 g/mol. The summed E-state index contributed by atoms with van der Waals surface area (Å²) in [6.45, 7) is 4.11. The summed E-state index contributed by atoms with van der Waals surface area (Å²) < 4.78 is 15.1. The molecule has 1 heterocycles. The summed E-state index contributed by atoms with van der Waals surface area (Å²) in [5.74, 6) is -0.312. The molecule has 3 rings (SSSR count). The molecular weight excluding hydrogens is 267 g/mol. The molecule has 0 bridgehead atoms. The number of hydrogen-bond donors (Lipinski definition) is 0. The van der Waals surface area contributed by atoms with Crippen molar-refractivity contribution < 1.29 is 9.18 Å². The van der Waals surface area contributed by atoms with Crippen LogP contribution in [0.1, 0.15) is 41.9 Å². The van der Waals surface area contributed by atoms with E-state index in [9.17, 15) is 14.4 Å². The van der Waals surface area contributed by atoms with Crippen molar-refractivity contribution in [3.8, 4) is 11.8 Å². The predicted octanol–water partition coefficient (Wildman–Crippen LogP) is 3.64. The van der Waals surface area contributed by atoms with Crippen molar-refractivity contribution in [2.45, 2.75) is 26.7 Å². The third-order valence-corrected chi connectivity index (χ3v) is 3.92. The number of fused-ring (bicyclic) bond motifs is 1. The van der Waals surface area contributed by atoms with Gasteiger partial charge in [0.2, 0.25) is 0 Å². The van der Waals surface area contributed by atoms with Crippen LogP contribution >= 0.6 is 0 Å². The van der Waals surface area contributed by atoms with E-state index in [1.165, 1.54) is 12.1 Å². The van der Waals surface area contributed by atoms with Crippen molar-refractivity contribution in [1.82, 2.24) is 4.57 Å². The van der Waals surface area contributed by atoms with E-state index in [2.05, 4.69) is 13.8 Å². The lowest BCUT2D eigenvalue weighted by molar-refractivity contribution is 0.0911. The van der Waals surface area contributed by atoms with Crippen LogP contribution in [0.4, 0.5) is 4.39 Å². The van der Waals surface area contributed by atoms with Gasteiger partial charge < -0.3 is 4.57 Å². The summed E-state index contributed by atoms with van der Waals surface area (Å²) in [5.41, 5.74) is 2.39. The van der Waals surface area contributed by atoms with Gasteiger partial charge in [0.15, 0.2) is 5.78 Å². The van der Waals surface area contributed by atoms with E-state index in [1.807, 2.05) is 10.6 Å². The largest absolute Gasteiger partial charge is 0.319 e. The summed E-state index contributed by atoms with van der Waals surface area (Å²) >= 11 is 0. The van der Waals surface area contributed by atoms with Gasteiger partial charge >= 0.3 is 0 Å². The lowest BCUT2D eigenvalue weighted by Crippen LogP contribution is -2.27. The third-order valence-electron chi connectivity index (χ3n) is 3.92. The van der Waals surface area contributed by atoms with Gasteiger partial charge in [0, 0.05) is 23.9 Å². The van der Waals surface area contributed by atoms with Crippen molar-refractivity contribution in [1.29, 1.82) is 5.26 Å². The second-order valence-corrected chi connectivity index (χ2v) is 6.26. The Kier molecular flexibility index (Phi) is 2.94. The van der Waals surface area contributed by atoms with Crippen LogP contribution in [0.15, 0.2) is 30.5 Å². The number of benzene rings is 1. The highest BCUT2D eigenvalue weighted by Crippen LogP contribution is 2.36. The Morgan fingerprint density at radius 2 is 2.05 bits per heavy atom. The Labute approximate surface area is 122 Å². The van der Waals surface area contributed by atoms with Crippen molar-refractivity contribution in [3.63, 3.8) is 0 Å². The SMILES string of the molecule is CC1(C)CC(=O)c2ccn(-c3ccc(F)cc3C#N)c2C1. The van der Waals surface area contributed by atoms with Gasteiger partial charge in [-0.3, -0.25) is 4.79 Å². The van der Waals surface area contributed by atoms with Crippen molar-refractivity contribution in [2.24, 2.45) is 5.41 Å². The number of carbonyl (C=O) groups excluding carboxylic acids is 1. The Bertz CT molecular complexity index is 781. The summed E-state index contributed by atoms with van der Waals surface area (Å²) in [5, 5.41) is 9.20. The maximum atomic E-state index is 13.3. The number of aromatic nitrogens is 1. The van der Waals surface area contributed by atoms with Crippen LogP contribution in [-0.2, 0) is 6.42 Å². The quantitative estimate of drug-likeness (QED) is 0.801. The number of nitriles is 1. The molecule has 4 heteroatoms. The normalized spacial score (nSPS) is 16.4. The molecule has 0 saturated heterocycles. The molecule has 0 aliphatic heterocycles. The van der Waals surface area contributed by atoms with Gasteiger partial charge in [-0.1, -0.05) is 13.8 Å². The van der Waals surface area contributed by atoms with Crippen LogP contribution < -0.4 is 0 Å². The number of nitrogens with zero attached hydrogens (tertiary/aromatic N) is 2. The highest BCUT2D eigenvalue weighted by molar-refractivity contribution is 5.99. The Morgan fingerprint density at radius 1 is 1.29 bits per heavy atom. The van der Waals surface area contributed by atoms with Gasteiger partial charge in [0.1, 0.15) is 11.9 Å². The molecule has 1 aliphatic carbocycles.